The van der Waals surface area contributed by atoms with E-state index in [1.54, 1.807) is 30.3 Å². The Hall–Kier alpha value is -3.36. The zero-order chi connectivity index (χ0) is 30.2. The van der Waals surface area contributed by atoms with E-state index in [4.69, 9.17) is 11.6 Å². The molecule has 220 valence electrons. The number of nitrogens with one attached hydrogen (secondary N) is 1. The highest BCUT2D eigenvalue weighted by atomic mass is 35.5. The van der Waals surface area contributed by atoms with Crippen molar-refractivity contribution in [2.45, 2.75) is 65.1 Å². The highest BCUT2D eigenvalue weighted by molar-refractivity contribution is 7.92. The smallest absolute Gasteiger partial charge is 0.244 e. The van der Waals surface area contributed by atoms with E-state index in [1.807, 2.05) is 76.2 Å². The molecule has 1 N–H and O–H groups in total. The average Bonchev–Trinajstić information content (AvgIpc) is 2.94. The van der Waals surface area contributed by atoms with Crippen molar-refractivity contribution in [3.05, 3.63) is 101 Å². The van der Waals surface area contributed by atoms with Crippen molar-refractivity contribution in [2.24, 2.45) is 0 Å². The number of carbonyl (C=O) groups excluding carboxylic acids is 2. The molecular formula is C32H40ClN3O4S. The third-order valence-electron chi connectivity index (χ3n) is 7.08. The molecule has 9 heteroatoms. The third-order valence-corrected chi connectivity index (χ3v) is 8.57. The van der Waals surface area contributed by atoms with E-state index in [9.17, 15) is 18.0 Å². The number of anilines is 1. The normalized spacial score (nSPS) is 13.0. The van der Waals surface area contributed by atoms with Crippen LogP contribution in [0.1, 0.15) is 56.7 Å². The van der Waals surface area contributed by atoms with E-state index in [-0.39, 0.29) is 30.8 Å². The van der Waals surface area contributed by atoms with E-state index in [2.05, 4.69) is 5.32 Å². The van der Waals surface area contributed by atoms with Crippen LogP contribution in [0.3, 0.4) is 0 Å². The number of benzene rings is 3. The Labute approximate surface area is 249 Å². The molecule has 0 aliphatic rings. The van der Waals surface area contributed by atoms with E-state index >= 15 is 0 Å². The van der Waals surface area contributed by atoms with Gasteiger partial charge in [-0.2, -0.15) is 0 Å². The van der Waals surface area contributed by atoms with Gasteiger partial charge in [-0.15, -0.1) is 0 Å². The van der Waals surface area contributed by atoms with Gasteiger partial charge in [0.15, 0.2) is 0 Å². The molecule has 0 bridgehead atoms. The molecule has 0 saturated carbocycles. The van der Waals surface area contributed by atoms with Gasteiger partial charge in [-0.3, -0.25) is 13.9 Å². The average molecular weight is 598 g/mol. The number of halogens is 1. The van der Waals surface area contributed by atoms with Crippen molar-refractivity contribution in [1.29, 1.82) is 0 Å². The lowest BCUT2D eigenvalue weighted by Crippen LogP contribution is -2.54. The highest BCUT2D eigenvalue weighted by Gasteiger charge is 2.34. The molecule has 3 rings (SSSR count). The molecule has 0 fully saturated rings. The van der Waals surface area contributed by atoms with Crippen molar-refractivity contribution < 1.29 is 18.0 Å². The van der Waals surface area contributed by atoms with Crippen molar-refractivity contribution >= 4 is 39.1 Å². The summed E-state index contributed by atoms with van der Waals surface area (Å²) in [6.07, 6.45) is 2.06. The Bertz CT molecular complexity index is 1430. The van der Waals surface area contributed by atoms with Crippen molar-refractivity contribution in [3.8, 4) is 0 Å². The van der Waals surface area contributed by atoms with Crippen LogP contribution < -0.4 is 9.62 Å². The molecule has 0 unspecified atom stereocenters. The van der Waals surface area contributed by atoms with Crippen LogP contribution in [-0.2, 0) is 32.6 Å². The molecule has 0 heterocycles. The summed E-state index contributed by atoms with van der Waals surface area (Å²) in [4.78, 5) is 29.5. The zero-order valence-electron chi connectivity index (χ0n) is 24.4. The Morgan fingerprint density at radius 3 is 2.12 bits per heavy atom. The van der Waals surface area contributed by atoms with Crippen LogP contribution in [-0.4, -0.2) is 50.0 Å². The summed E-state index contributed by atoms with van der Waals surface area (Å²) < 4.78 is 27.4. The summed E-state index contributed by atoms with van der Waals surface area (Å²) >= 11 is 6.51. The predicted molar refractivity (Wildman–Crippen MR) is 167 cm³/mol. The van der Waals surface area contributed by atoms with Gasteiger partial charge >= 0.3 is 0 Å². The minimum Gasteiger partial charge on any atom is -0.352 e. The monoisotopic (exact) mass is 597 g/mol. The number of rotatable bonds is 13. The first-order chi connectivity index (χ1) is 19.4. The Morgan fingerprint density at radius 1 is 0.902 bits per heavy atom. The lowest BCUT2D eigenvalue weighted by Gasteiger charge is -2.34. The van der Waals surface area contributed by atoms with Gasteiger partial charge in [0.1, 0.15) is 12.6 Å². The molecular weight excluding hydrogens is 558 g/mol. The first kappa shape index (κ1) is 32.2. The third kappa shape index (κ3) is 8.81. The largest absolute Gasteiger partial charge is 0.352 e. The maximum atomic E-state index is 14.3. The van der Waals surface area contributed by atoms with Crippen LogP contribution in [0, 0.1) is 0 Å². The van der Waals surface area contributed by atoms with Crippen molar-refractivity contribution in [3.63, 3.8) is 0 Å². The molecule has 0 saturated heterocycles. The van der Waals surface area contributed by atoms with E-state index in [0.29, 0.717) is 16.3 Å². The number of nitrogens with zero attached hydrogens (tertiary/aromatic N) is 2. The number of carbonyl (C=O) groups is 2. The molecule has 0 radical (unpaired) electrons. The fraction of sp³-hybridized carbons (Fsp3) is 0.375. The van der Waals surface area contributed by atoms with E-state index < -0.39 is 28.5 Å². The second-order valence-corrected chi connectivity index (χ2v) is 12.9. The molecule has 2 atom stereocenters. The fourth-order valence-electron chi connectivity index (χ4n) is 4.60. The Kier molecular flexibility index (Phi) is 11.4. The summed E-state index contributed by atoms with van der Waals surface area (Å²) in [6.45, 7) is 7.40. The Morgan fingerprint density at radius 2 is 1.51 bits per heavy atom. The lowest BCUT2D eigenvalue weighted by molar-refractivity contribution is -0.140. The van der Waals surface area contributed by atoms with Crippen LogP contribution in [0.4, 0.5) is 5.69 Å². The number of hydrogen-bond acceptors (Lipinski definition) is 4. The molecule has 3 aromatic carbocycles. The molecule has 0 aliphatic carbocycles. The van der Waals surface area contributed by atoms with E-state index in [1.165, 1.54) is 4.90 Å². The molecule has 7 nitrogen and oxygen atoms in total. The SMILES string of the molecule is CC[C@H](C)NC(=O)[C@H](Cc1ccccc1)N(Cc1ccccc1Cl)C(=O)CN(c1ccccc1C(C)C)S(C)(=O)=O. The molecule has 0 aromatic heterocycles. The van der Waals surface area contributed by atoms with Gasteiger partial charge in [-0.25, -0.2) is 8.42 Å². The van der Waals surface area contributed by atoms with Gasteiger partial charge in [0.25, 0.3) is 0 Å². The summed E-state index contributed by atoms with van der Waals surface area (Å²) in [5.74, 6) is -0.789. The highest BCUT2D eigenvalue weighted by Crippen LogP contribution is 2.29. The van der Waals surface area contributed by atoms with Crippen molar-refractivity contribution in [2.75, 3.05) is 17.1 Å². The van der Waals surface area contributed by atoms with Gasteiger partial charge < -0.3 is 10.2 Å². The maximum absolute atomic E-state index is 14.3. The molecule has 2 amide bonds. The summed E-state index contributed by atoms with van der Waals surface area (Å²) in [5.41, 5.74) is 2.78. The maximum Gasteiger partial charge on any atom is 0.244 e. The van der Waals surface area contributed by atoms with Crippen LogP contribution in [0.5, 0.6) is 0 Å². The Balaban J connectivity index is 2.11. The van der Waals surface area contributed by atoms with E-state index in [0.717, 1.165) is 28.1 Å². The van der Waals surface area contributed by atoms with Crippen LogP contribution in [0.25, 0.3) is 0 Å². The summed E-state index contributed by atoms with van der Waals surface area (Å²) in [6, 6.07) is 22.8. The van der Waals surface area contributed by atoms with Gasteiger partial charge in [-0.05, 0) is 48.1 Å². The second kappa shape index (κ2) is 14.5. The number of amides is 2. The van der Waals surface area contributed by atoms with Gasteiger partial charge in [0.05, 0.1) is 11.9 Å². The predicted octanol–water partition coefficient (Wildman–Crippen LogP) is 5.78. The van der Waals surface area contributed by atoms with Gasteiger partial charge in [0, 0.05) is 24.0 Å². The fourth-order valence-corrected chi connectivity index (χ4v) is 5.67. The lowest BCUT2D eigenvalue weighted by atomic mass is 10.0. The van der Waals surface area contributed by atoms with Crippen molar-refractivity contribution in [1.82, 2.24) is 10.2 Å². The number of para-hydroxylation sites is 1. The van der Waals surface area contributed by atoms with Gasteiger partial charge in [-0.1, -0.05) is 99.1 Å². The van der Waals surface area contributed by atoms with Crippen LogP contribution >= 0.6 is 11.6 Å². The number of sulfonamides is 1. The second-order valence-electron chi connectivity index (χ2n) is 10.6. The first-order valence-electron chi connectivity index (χ1n) is 13.9. The molecule has 41 heavy (non-hydrogen) atoms. The topological polar surface area (TPSA) is 86.8 Å². The molecule has 3 aromatic rings. The molecule has 0 aliphatic heterocycles. The summed E-state index contributed by atoms with van der Waals surface area (Å²) in [7, 11) is -3.85. The number of hydrogen-bond donors (Lipinski definition) is 1. The van der Waals surface area contributed by atoms with Gasteiger partial charge in [0.2, 0.25) is 21.8 Å². The minimum atomic E-state index is -3.85. The minimum absolute atomic E-state index is 0.0249. The quantitative estimate of drug-likeness (QED) is 0.270. The molecule has 0 spiro atoms. The van der Waals surface area contributed by atoms with Crippen LogP contribution in [0.15, 0.2) is 78.9 Å². The first-order valence-corrected chi connectivity index (χ1v) is 16.1. The standard InChI is InChI=1S/C32H40ClN3O4S/c1-6-24(4)34-32(38)30(20-25-14-8-7-9-15-25)35(21-26-16-10-12-18-28(26)33)31(37)22-36(41(5,39)40)29-19-13-11-17-27(29)23(2)3/h7-19,23-24,30H,6,20-22H2,1-5H3,(H,34,38)/t24-,30-/m0/s1. The summed E-state index contributed by atoms with van der Waals surface area (Å²) in [5, 5.41) is 3.48. The van der Waals surface area contributed by atoms with Crippen LogP contribution in [0.2, 0.25) is 5.02 Å². The zero-order valence-corrected chi connectivity index (χ0v) is 26.0.